The van der Waals surface area contributed by atoms with E-state index in [1.165, 1.54) is 7.11 Å². The van der Waals surface area contributed by atoms with Crippen LogP contribution in [0.2, 0.25) is 5.02 Å². The number of thiocarbonyl (C=S) groups is 1. The minimum Gasteiger partial charge on any atom is -0.466 e. The topological polar surface area (TPSA) is 50.4 Å². The predicted molar refractivity (Wildman–Crippen MR) is 86.9 cm³/mol. The summed E-state index contributed by atoms with van der Waals surface area (Å²) in [5, 5.41) is 7.32. The zero-order valence-electron chi connectivity index (χ0n) is 12.1. The Bertz CT molecular complexity index is 596. The minimum absolute atomic E-state index is 0.119. The van der Waals surface area contributed by atoms with Crippen LogP contribution in [0, 0.1) is 5.92 Å². The monoisotopic (exact) mass is 324 g/mol. The van der Waals surface area contributed by atoms with Crippen LogP contribution in [-0.4, -0.2) is 18.2 Å². The van der Waals surface area contributed by atoms with Crippen molar-refractivity contribution in [3.63, 3.8) is 0 Å². The largest absolute Gasteiger partial charge is 0.466 e. The number of benzene rings is 1. The second-order valence-corrected chi connectivity index (χ2v) is 5.90. The average Bonchev–Trinajstić information content (AvgIpc) is 2.46. The summed E-state index contributed by atoms with van der Waals surface area (Å²) in [5.74, 6) is -0.255. The summed E-state index contributed by atoms with van der Waals surface area (Å²) in [6, 6.07) is 6.96. The molecule has 1 aromatic carbocycles. The van der Waals surface area contributed by atoms with E-state index in [9.17, 15) is 4.79 Å². The van der Waals surface area contributed by atoms with Gasteiger partial charge in [-0.05, 0) is 35.8 Å². The average molecular weight is 325 g/mol. The van der Waals surface area contributed by atoms with E-state index in [2.05, 4.69) is 10.6 Å². The van der Waals surface area contributed by atoms with Gasteiger partial charge >= 0.3 is 5.97 Å². The Hall–Kier alpha value is -1.59. The second kappa shape index (κ2) is 6.45. The summed E-state index contributed by atoms with van der Waals surface area (Å²) in [6.45, 7) is 4.00. The van der Waals surface area contributed by atoms with Crippen molar-refractivity contribution in [3.8, 4) is 0 Å². The number of rotatable bonds is 3. The van der Waals surface area contributed by atoms with E-state index < -0.39 is 0 Å². The van der Waals surface area contributed by atoms with Crippen molar-refractivity contribution in [1.82, 2.24) is 10.6 Å². The molecule has 0 saturated carbocycles. The molecule has 2 N–H and O–H groups in total. The van der Waals surface area contributed by atoms with Crippen LogP contribution in [0.15, 0.2) is 35.5 Å². The fraction of sp³-hybridized carbons (Fsp3) is 0.333. The van der Waals surface area contributed by atoms with Gasteiger partial charge in [-0.3, -0.25) is 0 Å². The van der Waals surface area contributed by atoms with Gasteiger partial charge in [-0.15, -0.1) is 0 Å². The molecule has 0 radical (unpaired) electrons. The summed E-state index contributed by atoms with van der Waals surface area (Å²) >= 11 is 11.2. The molecule has 4 nitrogen and oxygen atoms in total. The Morgan fingerprint density at radius 3 is 2.48 bits per heavy atom. The number of hydrogen-bond acceptors (Lipinski definition) is 3. The lowest BCUT2D eigenvalue weighted by atomic mass is 9.91. The predicted octanol–water partition coefficient (Wildman–Crippen LogP) is 2.94. The summed E-state index contributed by atoms with van der Waals surface area (Å²) in [6.07, 6.45) is 0. The zero-order chi connectivity index (χ0) is 15.6. The second-order valence-electron chi connectivity index (χ2n) is 5.06. The molecule has 0 spiro atoms. The van der Waals surface area contributed by atoms with Crippen molar-refractivity contribution < 1.29 is 9.53 Å². The molecule has 1 unspecified atom stereocenters. The number of nitrogens with one attached hydrogen (secondary N) is 2. The van der Waals surface area contributed by atoms with Gasteiger partial charge in [-0.25, -0.2) is 4.79 Å². The number of ether oxygens (including phenoxy) is 1. The molecule has 0 fully saturated rings. The highest BCUT2D eigenvalue weighted by Crippen LogP contribution is 2.30. The van der Waals surface area contributed by atoms with Gasteiger partial charge in [0.2, 0.25) is 0 Å². The third-order valence-electron chi connectivity index (χ3n) is 3.29. The van der Waals surface area contributed by atoms with Crippen LogP contribution in [0.4, 0.5) is 0 Å². The van der Waals surface area contributed by atoms with Gasteiger partial charge in [-0.1, -0.05) is 37.6 Å². The standard InChI is InChI=1S/C15H17ClN2O2S/c1-8(2)12-11(14(19)20-3)13(18-15(21)17-12)9-4-6-10(16)7-5-9/h4-8,13H,1-3H3,(H2,17,18,21). The minimum atomic E-state index is -0.374. The molecule has 0 amide bonds. The summed E-state index contributed by atoms with van der Waals surface area (Å²) in [5.41, 5.74) is 2.23. The molecular formula is C15H17ClN2O2S. The smallest absolute Gasteiger partial charge is 0.337 e. The van der Waals surface area contributed by atoms with Crippen LogP contribution in [0.5, 0.6) is 0 Å². The van der Waals surface area contributed by atoms with Crippen LogP contribution < -0.4 is 10.6 Å². The fourth-order valence-corrected chi connectivity index (χ4v) is 2.64. The molecule has 0 aliphatic carbocycles. The Morgan fingerprint density at radius 2 is 1.95 bits per heavy atom. The first-order valence-electron chi connectivity index (χ1n) is 6.59. The summed E-state index contributed by atoms with van der Waals surface area (Å²) < 4.78 is 4.93. The lowest BCUT2D eigenvalue weighted by Crippen LogP contribution is -2.46. The maximum absolute atomic E-state index is 12.2. The van der Waals surface area contributed by atoms with Gasteiger partial charge in [-0.2, -0.15) is 0 Å². The van der Waals surface area contributed by atoms with Crippen molar-refractivity contribution in [1.29, 1.82) is 0 Å². The lowest BCUT2D eigenvalue weighted by molar-refractivity contribution is -0.136. The zero-order valence-corrected chi connectivity index (χ0v) is 13.6. The third kappa shape index (κ3) is 3.36. The van der Waals surface area contributed by atoms with Crippen LogP contribution >= 0.6 is 23.8 Å². The van der Waals surface area contributed by atoms with E-state index in [-0.39, 0.29) is 17.9 Å². The number of carbonyl (C=O) groups is 1. The molecule has 1 aliphatic rings. The Kier molecular flexibility index (Phi) is 4.85. The number of methoxy groups -OCH3 is 1. The normalized spacial score (nSPS) is 18.3. The SMILES string of the molecule is COC(=O)C1=C(C(C)C)NC(=S)NC1c1ccc(Cl)cc1. The van der Waals surface area contributed by atoms with Gasteiger partial charge in [0.25, 0.3) is 0 Å². The van der Waals surface area contributed by atoms with Crippen molar-refractivity contribution in [2.45, 2.75) is 19.9 Å². The number of carbonyl (C=O) groups excluding carboxylic acids is 1. The molecular weight excluding hydrogens is 308 g/mol. The third-order valence-corrected chi connectivity index (χ3v) is 3.76. The quantitative estimate of drug-likeness (QED) is 0.661. The number of esters is 1. The number of hydrogen-bond donors (Lipinski definition) is 2. The Balaban J connectivity index is 2.54. The van der Waals surface area contributed by atoms with Crippen molar-refractivity contribution in [2.75, 3.05) is 7.11 Å². The van der Waals surface area contributed by atoms with Gasteiger partial charge in [0.05, 0.1) is 18.7 Å². The van der Waals surface area contributed by atoms with Crippen molar-refractivity contribution in [3.05, 3.63) is 46.1 Å². The summed E-state index contributed by atoms with van der Waals surface area (Å²) in [7, 11) is 1.37. The maximum Gasteiger partial charge on any atom is 0.337 e. The van der Waals surface area contributed by atoms with Gasteiger partial charge < -0.3 is 15.4 Å². The molecule has 0 aromatic heterocycles. The summed E-state index contributed by atoms with van der Waals surface area (Å²) in [4.78, 5) is 12.2. The highest BCUT2D eigenvalue weighted by Gasteiger charge is 2.32. The molecule has 1 aromatic rings. The molecule has 0 saturated heterocycles. The maximum atomic E-state index is 12.2. The van der Waals surface area contributed by atoms with Gasteiger partial charge in [0.1, 0.15) is 0 Å². The van der Waals surface area contributed by atoms with E-state index in [4.69, 9.17) is 28.6 Å². The molecule has 21 heavy (non-hydrogen) atoms. The first-order valence-corrected chi connectivity index (χ1v) is 7.38. The van der Waals surface area contributed by atoms with E-state index in [1.54, 1.807) is 12.1 Å². The number of allylic oxidation sites excluding steroid dienone is 1. The van der Waals surface area contributed by atoms with Crippen molar-refractivity contribution >= 4 is 34.9 Å². The molecule has 1 aliphatic heterocycles. The Labute approximate surface area is 134 Å². The molecule has 1 heterocycles. The first-order chi connectivity index (χ1) is 9.93. The molecule has 0 bridgehead atoms. The molecule has 1 atom stereocenters. The van der Waals surface area contributed by atoms with Crippen LogP contribution in [0.3, 0.4) is 0 Å². The van der Waals surface area contributed by atoms with Crippen molar-refractivity contribution in [2.24, 2.45) is 5.92 Å². The van der Waals surface area contributed by atoms with E-state index >= 15 is 0 Å². The number of halogens is 1. The molecule has 6 heteroatoms. The first kappa shape index (κ1) is 15.8. The van der Waals surface area contributed by atoms with E-state index in [0.29, 0.717) is 15.7 Å². The molecule has 112 valence electrons. The highest BCUT2D eigenvalue weighted by molar-refractivity contribution is 7.80. The Morgan fingerprint density at radius 1 is 1.33 bits per heavy atom. The highest BCUT2D eigenvalue weighted by atomic mass is 35.5. The van der Waals surface area contributed by atoms with E-state index in [1.807, 2.05) is 26.0 Å². The fourth-order valence-electron chi connectivity index (χ4n) is 2.28. The van der Waals surface area contributed by atoms with Gasteiger partial charge in [0, 0.05) is 10.7 Å². The lowest BCUT2D eigenvalue weighted by Gasteiger charge is -2.32. The van der Waals surface area contributed by atoms with Gasteiger partial charge in [0.15, 0.2) is 5.11 Å². The van der Waals surface area contributed by atoms with Crippen LogP contribution in [0.25, 0.3) is 0 Å². The van der Waals surface area contributed by atoms with E-state index in [0.717, 1.165) is 11.3 Å². The molecule has 2 rings (SSSR count). The van der Waals surface area contributed by atoms with Crippen LogP contribution in [0.1, 0.15) is 25.5 Å². The van der Waals surface area contributed by atoms with Crippen LogP contribution in [-0.2, 0) is 9.53 Å².